The first kappa shape index (κ1) is 13.0. The highest BCUT2D eigenvalue weighted by atomic mass is 32.1. The molecule has 0 saturated carbocycles. The summed E-state index contributed by atoms with van der Waals surface area (Å²) in [7, 11) is 0. The monoisotopic (exact) mass is 255 g/mol. The lowest BCUT2D eigenvalue weighted by Gasteiger charge is -2.26. The van der Waals surface area contributed by atoms with Gasteiger partial charge < -0.3 is 4.74 Å². The number of aromatic nitrogens is 1. The van der Waals surface area contributed by atoms with E-state index in [9.17, 15) is 0 Å². The van der Waals surface area contributed by atoms with Crippen LogP contribution in [0.15, 0.2) is 0 Å². The molecule has 2 rings (SSSR count). The minimum Gasteiger partial charge on any atom is -0.381 e. The Morgan fingerprint density at radius 1 is 1.47 bits per heavy atom. The maximum atomic E-state index is 5.70. The number of nitrogens with two attached hydrogens (primary N) is 1. The average molecular weight is 255 g/mol. The van der Waals surface area contributed by atoms with Crippen molar-refractivity contribution < 1.29 is 4.74 Å². The van der Waals surface area contributed by atoms with E-state index in [2.05, 4.69) is 17.3 Å². The predicted molar refractivity (Wildman–Crippen MR) is 69.8 cm³/mol. The van der Waals surface area contributed by atoms with E-state index in [1.807, 2.05) is 6.92 Å². The van der Waals surface area contributed by atoms with Crippen LogP contribution in [0.3, 0.4) is 0 Å². The fourth-order valence-corrected chi connectivity index (χ4v) is 3.44. The Balaban J connectivity index is 2.02. The molecule has 3 N–H and O–H groups in total. The van der Waals surface area contributed by atoms with Gasteiger partial charge in [0.1, 0.15) is 0 Å². The normalized spacial score (nSPS) is 19.5. The van der Waals surface area contributed by atoms with Crippen molar-refractivity contribution in [1.29, 1.82) is 0 Å². The zero-order valence-electron chi connectivity index (χ0n) is 10.5. The van der Waals surface area contributed by atoms with E-state index in [-0.39, 0.29) is 6.04 Å². The first-order valence-corrected chi connectivity index (χ1v) is 7.00. The molecule has 4 nitrogen and oxygen atoms in total. The minimum absolute atomic E-state index is 0.240. The highest BCUT2D eigenvalue weighted by molar-refractivity contribution is 7.11. The van der Waals surface area contributed by atoms with Crippen LogP contribution in [0.5, 0.6) is 0 Å². The third-order valence-corrected chi connectivity index (χ3v) is 4.55. The second-order valence-electron chi connectivity index (χ2n) is 4.69. The third-order valence-electron chi connectivity index (χ3n) is 3.37. The Morgan fingerprint density at radius 2 is 2.18 bits per heavy atom. The van der Waals surface area contributed by atoms with E-state index in [1.54, 1.807) is 11.3 Å². The van der Waals surface area contributed by atoms with Gasteiger partial charge in [0, 0.05) is 18.1 Å². The van der Waals surface area contributed by atoms with Gasteiger partial charge in [-0.2, -0.15) is 0 Å². The summed E-state index contributed by atoms with van der Waals surface area (Å²) in [6, 6.07) is 0.240. The minimum atomic E-state index is 0.240. The predicted octanol–water partition coefficient (Wildman–Crippen LogP) is 2.08. The molecule has 1 aromatic rings. The number of nitrogens with one attached hydrogen (secondary N) is 1. The van der Waals surface area contributed by atoms with Crippen molar-refractivity contribution in [1.82, 2.24) is 10.4 Å². The summed E-state index contributed by atoms with van der Waals surface area (Å²) >= 11 is 1.75. The molecule has 1 aliphatic rings. The van der Waals surface area contributed by atoms with Crippen LogP contribution in [0.2, 0.25) is 0 Å². The van der Waals surface area contributed by atoms with Crippen molar-refractivity contribution >= 4 is 11.3 Å². The largest absolute Gasteiger partial charge is 0.381 e. The van der Waals surface area contributed by atoms with E-state index < -0.39 is 0 Å². The van der Waals surface area contributed by atoms with Gasteiger partial charge in [0.25, 0.3) is 0 Å². The Labute approximate surface area is 107 Å². The van der Waals surface area contributed by atoms with Gasteiger partial charge in [0.05, 0.1) is 16.7 Å². The molecule has 0 bridgehead atoms. The summed E-state index contributed by atoms with van der Waals surface area (Å²) in [6.45, 7) is 5.89. The summed E-state index contributed by atoms with van der Waals surface area (Å²) < 4.78 is 5.39. The van der Waals surface area contributed by atoms with E-state index in [1.165, 1.54) is 4.88 Å². The smallest absolute Gasteiger partial charge is 0.0900 e. The topological polar surface area (TPSA) is 60.2 Å². The van der Waals surface area contributed by atoms with Crippen LogP contribution in [0.1, 0.15) is 40.9 Å². The molecule has 0 amide bonds. The van der Waals surface area contributed by atoms with Gasteiger partial charge in [-0.05, 0) is 39.0 Å². The maximum absolute atomic E-state index is 5.70. The molecule has 2 heterocycles. The number of aryl methyl sites for hydroxylation is 2. The van der Waals surface area contributed by atoms with Gasteiger partial charge in [-0.1, -0.05) is 0 Å². The summed E-state index contributed by atoms with van der Waals surface area (Å²) in [4.78, 5) is 5.76. The fraction of sp³-hybridized carbons (Fsp3) is 0.750. The number of hydrazine groups is 1. The molecule has 1 aliphatic heterocycles. The number of thiazole rings is 1. The van der Waals surface area contributed by atoms with Crippen molar-refractivity contribution in [2.75, 3.05) is 13.2 Å². The first-order chi connectivity index (χ1) is 8.20. The van der Waals surface area contributed by atoms with Gasteiger partial charge in [-0.25, -0.2) is 4.98 Å². The Morgan fingerprint density at radius 3 is 2.71 bits per heavy atom. The SMILES string of the molecule is Cc1nc(C)c(C(CC2CCOCC2)NN)s1. The highest BCUT2D eigenvalue weighted by Gasteiger charge is 2.22. The molecule has 1 atom stereocenters. The van der Waals surface area contributed by atoms with Gasteiger partial charge in [0.15, 0.2) is 0 Å². The molecule has 0 aromatic carbocycles. The maximum Gasteiger partial charge on any atom is 0.0900 e. The van der Waals surface area contributed by atoms with Crippen molar-refractivity contribution in [2.24, 2.45) is 11.8 Å². The lowest BCUT2D eigenvalue weighted by Crippen LogP contribution is -2.31. The van der Waals surface area contributed by atoms with Crippen LogP contribution in [0.4, 0.5) is 0 Å². The summed E-state index contributed by atoms with van der Waals surface area (Å²) in [5.74, 6) is 6.41. The number of ether oxygens (including phenoxy) is 1. The molecule has 17 heavy (non-hydrogen) atoms. The molecular formula is C12H21N3OS. The fourth-order valence-electron chi connectivity index (χ4n) is 2.44. The molecule has 1 aromatic heterocycles. The molecule has 0 radical (unpaired) electrons. The molecule has 5 heteroatoms. The molecule has 0 spiro atoms. The molecule has 1 unspecified atom stereocenters. The van der Waals surface area contributed by atoms with Crippen LogP contribution < -0.4 is 11.3 Å². The van der Waals surface area contributed by atoms with Crippen LogP contribution in [0, 0.1) is 19.8 Å². The van der Waals surface area contributed by atoms with E-state index >= 15 is 0 Å². The molecule has 96 valence electrons. The summed E-state index contributed by atoms with van der Waals surface area (Å²) in [6.07, 6.45) is 3.38. The zero-order chi connectivity index (χ0) is 12.3. The van der Waals surface area contributed by atoms with E-state index in [4.69, 9.17) is 10.6 Å². The average Bonchev–Trinajstić information content (AvgIpc) is 2.67. The lowest BCUT2D eigenvalue weighted by molar-refractivity contribution is 0.0606. The van der Waals surface area contributed by atoms with E-state index in [0.29, 0.717) is 5.92 Å². The van der Waals surface area contributed by atoms with Crippen molar-refractivity contribution in [3.05, 3.63) is 15.6 Å². The second-order valence-corrected chi connectivity index (χ2v) is 5.93. The van der Waals surface area contributed by atoms with Crippen molar-refractivity contribution in [2.45, 2.75) is 39.2 Å². The Hall–Kier alpha value is -0.490. The third kappa shape index (κ3) is 3.25. The van der Waals surface area contributed by atoms with Gasteiger partial charge in [0.2, 0.25) is 0 Å². The van der Waals surface area contributed by atoms with Crippen LogP contribution in [-0.2, 0) is 4.74 Å². The molecule has 1 fully saturated rings. The van der Waals surface area contributed by atoms with Gasteiger partial charge in [-0.3, -0.25) is 11.3 Å². The number of hydrogen-bond donors (Lipinski definition) is 2. The quantitative estimate of drug-likeness (QED) is 0.639. The summed E-state index contributed by atoms with van der Waals surface area (Å²) in [5, 5.41) is 1.12. The Kier molecular flexibility index (Phi) is 4.50. The molecule has 0 aliphatic carbocycles. The van der Waals surface area contributed by atoms with Gasteiger partial charge >= 0.3 is 0 Å². The van der Waals surface area contributed by atoms with Crippen molar-refractivity contribution in [3.8, 4) is 0 Å². The zero-order valence-corrected chi connectivity index (χ0v) is 11.3. The molecular weight excluding hydrogens is 234 g/mol. The first-order valence-electron chi connectivity index (χ1n) is 6.18. The highest BCUT2D eigenvalue weighted by Crippen LogP contribution is 2.31. The molecule has 1 saturated heterocycles. The van der Waals surface area contributed by atoms with E-state index in [0.717, 1.165) is 43.2 Å². The number of rotatable bonds is 4. The summed E-state index contributed by atoms with van der Waals surface area (Å²) in [5.41, 5.74) is 4.06. The number of hydrogen-bond acceptors (Lipinski definition) is 5. The standard InChI is InChI=1S/C12H21N3OS/c1-8-12(17-9(2)14-8)11(15-13)7-10-3-5-16-6-4-10/h10-11,15H,3-7,13H2,1-2H3. The van der Waals surface area contributed by atoms with Crippen LogP contribution >= 0.6 is 11.3 Å². The number of nitrogens with zero attached hydrogens (tertiary/aromatic N) is 1. The Bertz CT molecular complexity index is 361. The second kappa shape index (κ2) is 5.91. The van der Waals surface area contributed by atoms with Crippen LogP contribution in [-0.4, -0.2) is 18.2 Å². The van der Waals surface area contributed by atoms with Crippen LogP contribution in [0.25, 0.3) is 0 Å². The lowest BCUT2D eigenvalue weighted by atomic mass is 9.92. The van der Waals surface area contributed by atoms with Gasteiger partial charge in [-0.15, -0.1) is 11.3 Å². The van der Waals surface area contributed by atoms with Crippen molar-refractivity contribution in [3.63, 3.8) is 0 Å².